The summed E-state index contributed by atoms with van der Waals surface area (Å²) in [6.07, 6.45) is 1.53. The maximum atomic E-state index is 14.6. The lowest BCUT2D eigenvalue weighted by molar-refractivity contribution is 0.625. The smallest absolute Gasteiger partial charge is 0.134 e. The molecule has 0 bridgehead atoms. The van der Waals surface area contributed by atoms with Crippen LogP contribution < -0.4 is 10.3 Å². The lowest BCUT2D eigenvalue weighted by atomic mass is 10.00. The first kappa shape index (κ1) is 20.6. The predicted octanol–water partition coefficient (Wildman–Crippen LogP) is 6.94. The zero-order chi connectivity index (χ0) is 21.6. The number of fused-ring (bicyclic) bond motifs is 1. The van der Waals surface area contributed by atoms with E-state index in [9.17, 15) is 4.39 Å². The van der Waals surface area contributed by atoms with Gasteiger partial charge in [0.05, 0.1) is 11.9 Å². The van der Waals surface area contributed by atoms with Gasteiger partial charge in [-0.2, -0.15) is 5.10 Å². The Morgan fingerprint density at radius 2 is 1.58 bits per heavy atom. The van der Waals surface area contributed by atoms with Crippen LogP contribution >= 0.6 is 0 Å². The van der Waals surface area contributed by atoms with Gasteiger partial charge in [0.15, 0.2) is 0 Å². The SMILES string of the molecule is CCN(CC)c1ccc(/C=N/Nc2ccccc2-c2ccc3ccccc3c2)c(F)c1. The highest BCUT2D eigenvalue weighted by atomic mass is 19.1. The molecule has 1 N–H and O–H groups in total. The van der Waals surface area contributed by atoms with Crippen LogP contribution in [0.3, 0.4) is 0 Å². The number of hydrogen-bond donors (Lipinski definition) is 1. The summed E-state index contributed by atoms with van der Waals surface area (Å²) in [5.41, 5.74) is 7.44. The van der Waals surface area contributed by atoms with Crippen molar-refractivity contribution in [2.45, 2.75) is 13.8 Å². The largest absolute Gasteiger partial charge is 0.372 e. The van der Waals surface area contributed by atoms with E-state index in [4.69, 9.17) is 0 Å². The molecule has 0 amide bonds. The number of para-hydroxylation sites is 1. The highest BCUT2D eigenvalue weighted by molar-refractivity contribution is 5.90. The molecule has 0 spiro atoms. The Balaban J connectivity index is 1.56. The predicted molar refractivity (Wildman–Crippen MR) is 131 cm³/mol. The van der Waals surface area contributed by atoms with Crippen molar-refractivity contribution in [2.24, 2.45) is 5.10 Å². The van der Waals surface area contributed by atoms with Crippen molar-refractivity contribution in [1.29, 1.82) is 0 Å². The molecule has 0 aliphatic rings. The Labute approximate surface area is 182 Å². The van der Waals surface area contributed by atoms with Gasteiger partial charge >= 0.3 is 0 Å². The Kier molecular flexibility index (Phi) is 6.27. The molecule has 0 saturated heterocycles. The average Bonchev–Trinajstić information content (AvgIpc) is 2.81. The average molecular weight is 412 g/mol. The minimum atomic E-state index is -0.280. The van der Waals surface area contributed by atoms with Gasteiger partial charge in [-0.05, 0) is 60.5 Å². The summed E-state index contributed by atoms with van der Waals surface area (Å²) in [7, 11) is 0. The molecule has 0 fully saturated rings. The van der Waals surface area contributed by atoms with Gasteiger partial charge in [-0.1, -0.05) is 54.6 Å². The topological polar surface area (TPSA) is 27.6 Å². The second-order valence-corrected chi connectivity index (χ2v) is 7.36. The number of nitrogens with zero attached hydrogens (tertiary/aromatic N) is 2. The fourth-order valence-electron chi connectivity index (χ4n) is 3.77. The van der Waals surface area contributed by atoms with Crippen LogP contribution in [0, 0.1) is 5.82 Å². The van der Waals surface area contributed by atoms with E-state index >= 15 is 0 Å². The maximum absolute atomic E-state index is 14.6. The van der Waals surface area contributed by atoms with Gasteiger partial charge in [0.25, 0.3) is 0 Å². The monoisotopic (exact) mass is 411 g/mol. The number of rotatable bonds is 7. The molecule has 0 heterocycles. The van der Waals surface area contributed by atoms with Gasteiger partial charge in [-0.15, -0.1) is 0 Å². The van der Waals surface area contributed by atoms with E-state index in [-0.39, 0.29) is 5.82 Å². The third-order valence-corrected chi connectivity index (χ3v) is 5.49. The molecule has 0 aromatic heterocycles. The first-order chi connectivity index (χ1) is 15.2. The van der Waals surface area contributed by atoms with Crippen molar-refractivity contribution < 1.29 is 4.39 Å². The van der Waals surface area contributed by atoms with Gasteiger partial charge < -0.3 is 4.90 Å². The quantitative estimate of drug-likeness (QED) is 0.263. The standard InChI is InChI=1S/C27H26FN3/c1-3-31(4-2)24-16-15-23(26(28)18-24)19-29-30-27-12-8-7-11-25(27)22-14-13-20-9-5-6-10-21(20)17-22/h5-19,30H,3-4H2,1-2H3/b29-19+. The zero-order valence-corrected chi connectivity index (χ0v) is 17.8. The minimum Gasteiger partial charge on any atom is -0.372 e. The van der Waals surface area contributed by atoms with E-state index in [1.165, 1.54) is 17.0 Å². The third kappa shape index (κ3) is 4.58. The summed E-state index contributed by atoms with van der Waals surface area (Å²) >= 11 is 0. The number of hydrazone groups is 1. The number of hydrogen-bond acceptors (Lipinski definition) is 3. The molecule has 156 valence electrons. The van der Waals surface area contributed by atoms with E-state index in [2.05, 4.69) is 65.7 Å². The Morgan fingerprint density at radius 3 is 2.35 bits per heavy atom. The van der Waals surface area contributed by atoms with Crippen LogP contribution in [0.25, 0.3) is 21.9 Å². The van der Waals surface area contributed by atoms with Crippen molar-refractivity contribution >= 4 is 28.4 Å². The van der Waals surface area contributed by atoms with Crippen LogP contribution in [0.15, 0.2) is 90.0 Å². The molecule has 4 aromatic rings. The van der Waals surface area contributed by atoms with Gasteiger partial charge in [0.2, 0.25) is 0 Å². The number of benzene rings is 4. The molecular weight excluding hydrogens is 385 g/mol. The van der Waals surface area contributed by atoms with Crippen LogP contribution in [0.4, 0.5) is 15.8 Å². The molecule has 4 aromatic carbocycles. The summed E-state index contributed by atoms with van der Waals surface area (Å²) in [4.78, 5) is 2.11. The van der Waals surface area contributed by atoms with E-state index in [0.29, 0.717) is 5.56 Å². The molecule has 0 unspecified atom stereocenters. The van der Waals surface area contributed by atoms with Crippen LogP contribution in [0.5, 0.6) is 0 Å². The van der Waals surface area contributed by atoms with Crippen LogP contribution in [0.2, 0.25) is 0 Å². The highest BCUT2D eigenvalue weighted by Gasteiger charge is 2.07. The Bertz CT molecular complexity index is 1210. The van der Waals surface area contributed by atoms with Gasteiger partial charge in [-0.25, -0.2) is 4.39 Å². The van der Waals surface area contributed by atoms with Crippen LogP contribution in [-0.2, 0) is 0 Å². The van der Waals surface area contributed by atoms with E-state index in [0.717, 1.165) is 35.6 Å². The second-order valence-electron chi connectivity index (χ2n) is 7.36. The van der Waals surface area contributed by atoms with Gasteiger partial charge in [0.1, 0.15) is 5.82 Å². The summed E-state index contributed by atoms with van der Waals surface area (Å²) < 4.78 is 14.6. The van der Waals surface area contributed by atoms with Crippen molar-refractivity contribution in [2.75, 3.05) is 23.4 Å². The molecule has 0 aliphatic carbocycles. The van der Waals surface area contributed by atoms with E-state index in [1.54, 1.807) is 12.1 Å². The first-order valence-corrected chi connectivity index (χ1v) is 10.6. The summed E-state index contributed by atoms with van der Waals surface area (Å²) in [6.45, 7) is 5.81. The minimum absolute atomic E-state index is 0.280. The summed E-state index contributed by atoms with van der Waals surface area (Å²) in [5.74, 6) is -0.280. The number of anilines is 2. The fraction of sp³-hybridized carbons (Fsp3) is 0.148. The second kappa shape index (κ2) is 9.43. The lowest BCUT2D eigenvalue weighted by Crippen LogP contribution is -2.21. The van der Waals surface area contributed by atoms with E-state index < -0.39 is 0 Å². The van der Waals surface area contributed by atoms with Gasteiger partial charge in [-0.3, -0.25) is 5.43 Å². The van der Waals surface area contributed by atoms with Crippen LogP contribution in [-0.4, -0.2) is 19.3 Å². The Morgan fingerprint density at radius 1 is 0.839 bits per heavy atom. The lowest BCUT2D eigenvalue weighted by Gasteiger charge is -2.21. The number of halogens is 1. The van der Waals surface area contributed by atoms with Crippen molar-refractivity contribution in [1.82, 2.24) is 0 Å². The molecule has 0 saturated carbocycles. The molecule has 0 aliphatic heterocycles. The normalized spacial score (nSPS) is 11.2. The summed E-state index contributed by atoms with van der Waals surface area (Å²) in [5, 5.41) is 6.70. The highest BCUT2D eigenvalue weighted by Crippen LogP contribution is 2.30. The molecule has 4 rings (SSSR count). The third-order valence-electron chi connectivity index (χ3n) is 5.49. The van der Waals surface area contributed by atoms with E-state index in [1.807, 2.05) is 36.4 Å². The van der Waals surface area contributed by atoms with Crippen molar-refractivity contribution in [3.63, 3.8) is 0 Å². The van der Waals surface area contributed by atoms with Gasteiger partial charge in [0, 0.05) is 29.9 Å². The number of nitrogens with one attached hydrogen (secondary N) is 1. The Hall–Kier alpha value is -3.66. The molecule has 3 nitrogen and oxygen atoms in total. The van der Waals surface area contributed by atoms with Crippen molar-refractivity contribution in [3.8, 4) is 11.1 Å². The molecule has 31 heavy (non-hydrogen) atoms. The first-order valence-electron chi connectivity index (χ1n) is 10.6. The fourth-order valence-corrected chi connectivity index (χ4v) is 3.77. The molecule has 0 radical (unpaired) electrons. The molecule has 4 heteroatoms. The molecular formula is C27H26FN3. The van der Waals surface area contributed by atoms with Crippen molar-refractivity contribution in [3.05, 3.63) is 96.3 Å². The zero-order valence-electron chi connectivity index (χ0n) is 17.8. The van der Waals surface area contributed by atoms with Crippen LogP contribution in [0.1, 0.15) is 19.4 Å². The molecule has 0 atom stereocenters. The summed E-state index contributed by atoms with van der Waals surface area (Å²) in [6, 6.07) is 28.0. The maximum Gasteiger partial charge on any atom is 0.134 e.